The van der Waals surface area contributed by atoms with E-state index < -0.39 is 28.2 Å². The summed E-state index contributed by atoms with van der Waals surface area (Å²) in [6.07, 6.45) is 5.85. The van der Waals surface area contributed by atoms with Crippen molar-refractivity contribution in [3.05, 3.63) is 99.0 Å². The number of hydrogen-bond donors (Lipinski definition) is 1. The summed E-state index contributed by atoms with van der Waals surface area (Å²) < 4.78 is 17.2. The van der Waals surface area contributed by atoms with Crippen LogP contribution in [0.15, 0.2) is 77.8 Å². The van der Waals surface area contributed by atoms with Gasteiger partial charge in [-0.1, -0.05) is 49.8 Å². The number of allylic oxidation sites excluding steroid dienone is 1. The maximum atomic E-state index is 13.5. The number of nitrogens with zero attached hydrogens (tertiary/aromatic N) is 4. The number of aromatic nitrogens is 1. The van der Waals surface area contributed by atoms with E-state index in [0.29, 0.717) is 56.3 Å². The van der Waals surface area contributed by atoms with Crippen molar-refractivity contribution in [2.45, 2.75) is 70.2 Å². The number of rotatable bonds is 16. The predicted molar refractivity (Wildman–Crippen MR) is 177 cm³/mol. The normalized spacial score (nSPS) is 20.0. The molecule has 2 unspecified atom stereocenters. The van der Waals surface area contributed by atoms with Crippen LogP contribution in [0.5, 0.6) is 0 Å². The highest BCUT2D eigenvalue weighted by molar-refractivity contribution is 5.89. The third-order valence-corrected chi connectivity index (χ3v) is 9.05. The van der Waals surface area contributed by atoms with Crippen LogP contribution in [-0.4, -0.2) is 89.4 Å². The summed E-state index contributed by atoms with van der Waals surface area (Å²) in [5, 5.41) is 13.2. The molecule has 48 heavy (non-hydrogen) atoms. The summed E-state index contributed by atoms with van der Waals surface area (Å²) in [5.74, 6) is -1.27. The quantitative estimate of drug-likeness (QED) is 0.0525. The fourth-order valence-corrected chi connectivity index (χ4v) is 6.68. The summed E-state index contributed by atoms with van der Waals surface area (Å²) >= 11 is 0. The van der Waals surface area contributed by atoms with Crippen LogP contribution in [0.4, 0.5) is 0 Å². The molecular weight excluding hydrogens is 618 g/mol. The lowest BCUT2D eigenvalue weighted by Crippen LogP contribution is -2.59. The van der Waals surface area contributed by atoms with E-state index in [4.69, 9.17) is 19.9 Å². The van der Waals surface area contributed by atoms with Crippen molar-refractivity contribution in [3.8, 4) is 0 Å². The molecule has 2 N–H and O–H groups in total. The standard InChI is InChI=1S/C35H45N5O8/c1-4-26-21-28(24-46-20-16-36)31(35(22-26,40(44)45)48-32(42)27-11-10-17-37-23-27)39(25-41)30(5-2)38-18-14-34(15-19-38,33(43)47-6-3)29-12-8-7-9-13-29/h7-13,17,22-23,25,30H,4-6,14-16,18-21,24,36H2,1-3H3. The van der Waals surface area contributed by atoms with Crippen molar-refractivity contribution >= 4 is 18.3 Å². The average molecular weight is 664 g/mol. The molecule has 1 saturated heterocycles. The van der Waals surface area contributed by atoms with Gasteiger partial charge in [-0.25, -0.2) is 4.79 Å². The number of amides is 1. The van der Waals surface area contributed by atoms with Gasteiger partial charge in [0.2, 0.25) is 6.41 Å². The second kappa shape index (κ2) is 16.6. The lowest BCUT2D eigenvalue weighted by Gasteiger charge is -2.47. The largest absolute Gasteiger partial charge is 0.465 e. The zero-order chi connectivity index (χ0) is 34.7. The van der Waals surface area contributed by atoms with Crippen molar-refractivity contribution in [1.82, 2.24) is 14.8 Å². The number of nitro groups is 1. The van der Waals surface area contributed by atoms with Gasteiger partial charge in [0, 0.05) is 38.1 Å². The number of pyridine rings is 1. The van der Waals surface area contributed by atoms with Gasteiger partial charge < -0.3 is 19.9 Å². The number of nitrogens with two attached hydrogens (primary N) is 1. The van der Waals surface area contributed by atoms with Gasteiger partial charge in [0.05, 0.1) is 41.9 Å². The second-order valence-corrected chi connectivity index (χ2v) is 11.8. The molecular formula is C35H45N5O8. The first-order valence-corrected chi connectivity index (χ1v) is 16.4. The molecule has 1 aliphatic carbocycles. The molecule has 13 nitrogen and oxygen atoms in total. The highest BCUT2D eigenvalue weighted by Crippen LogP contribution is 2.42. The molecule has 13 heteroatoms. The van der Waals surface area contributed by atoms with E-state index in [1.54, 1.807) is 6.92 Å². The van der Waals surface area contributed by atoms with Crippen LogP contribution in [0.1, 0.15) is 68.8 Å². The average Bonchev–Trinajstić information content (AvgIpc) is 3.11. The number of piperidine rings is 1. The second-order valence-electron chi connectivity index (χ2n) is 11.8. The number of esters is 2. The molecule has 258 valence electrons. The molecule has 0 spiro atoms. The molecule has 0 bridgehead atoms. The maximum Gasteiger partial charge on any atom is 0.427 e. The minimum absolute atomic E-state index is 0.0213. The van der Waals surface area contributed by atoms with Crippen LogP contribution in [-0.2, 0) is 29.2 Å². The third-order valence-electron chi connectivity index (χ3n) is 9.05. The Morgan fingerprint density at radius 1 is 1.15 bits per heavy atom. The first kappa shape index (κ1) is 36.4. The fourth-order valence-electron chi connectivity index (χ4n) is 6.68. The zero-order valence-corrected chi connectivity index (χ0v) is 27.8. The van der Waals surface area contributed by atoms with Gasteiger partial charge in [-0.2, -0.15) is 0 Å². The highest BCUT2D eigenvalue weighted by Gasteiger charge is 2.57. The number of ether oxygens (including phenoxy) is 3. The minimum Gasteiger partial charge on any atom is -0.465 e. The van der Waals surface area contributed by atoms with Crippen molar-refractivity contribution in [1.29, 1.82) is 0 Å². The van der Waals surface area contributed by atoms with Crippen LogP contribution < -0.4 is 5.73 Å². The lowest BCUT2D eigenvalue weighted by molar-refractivity contribution is -0.594. The van der Waals surface area contributed by atoms with Gasteiger partial charge in [-0.05, 0) is 62.3 Å². The first-order valence-electron chi connectivity index (χ1n) is 16.4. The van der Waals surface area contributed by atoms with Gasteiger partial charge in [0.15, 0.2) is 0 Å². The van der Waals surface area contributed by atoms with Gasteiger partial charge in [0.25, 0.3) is 0 Å². The Labute approximate surface area is 280 Å². The molecule has 1 fully saturated rings. The van der Waals surface area contributed by atoms with Crippen molar-refractivity contribution < 1.29 is 33.5 Å². The van der Waals surface area contributed by atoms with Crippen LogP contribution in [0.2, 0.25) is 0 Å². The van der Waals surface area contributed by atoms with E-state index in [1.165, 1.54) is 35.5 Å². The Balaban J connectivity index is 1.78. The topological polar surface area (TPSA) is 167 Å². The fraction of sp³-hybridized carbons (Fsp3) is 0.486. The summed E-state index contributed by atoms with van der Waals surface area (Å²) in [6, 6.07) is 12.5. The molecule has 2 atom stereocenters. The van der Waals surface area contributed by atoms with Crippen LogP contribution in [0.25, 0.3) is 0 Å². The Bertz CT molecular complexity index is 1490. The molecule has 2 heterocycles. The molecule has 1 aliphatic heterocycles. The molecule has 1 amide bonds. The summed E-state index contributed by atoms with van der Waals surface area (Å²) in [6.45, 7) is 6.86. The summed E-state index contributed by atoms with van der Waals surface area (Å²) in [4.78, 5) is 60.0. The molecule has 1 aromatic carbocycles. The Kier molecular flexibility index (Phi) is 12.6. The van der Waals surface area contributed by atoms with Crippen molar-refractivity contribution in [2.24, 2.45) is 5.73 Å². The van der Waals surface area contributed by atoms with E-state index in [-0.39, 0.29) is 50.0 Å². The number of likely N-dealkylation sites (tertiary alicyclic amines) is 1. The molecule has 0 saturated carbocycles. The van der Waals surface area contributed by atoms with E-state index in [1.807, 2.05) is 49.1 Å². The highest BCUT2D eigenvalue weighted by atomic mass is 16.7. The smallest absolute Gasteiger partial charge is 0.427 e. The number of carbonyl (C=O) groups excluding carboxylic acids is 3. The zero-order valence-electron chi connectivity index (χ0n) is 27.8. The SMILES string of the molecule is CCOC(=O)C1(c2ccccc2)CCN(C(CC)N(C=O)C2=C(COCCN)CC(CC)=CC2(OC(=O)c2cccnc2)[N+](=O)[O-])CC1. The Morgan fingerprint density at radius 3 is 2.44 bits per heavy atom. The maximum absolute atomic E-state index is 13.5. The molecule has 4 rings (SSSR count). The molecule has 2 aromatic rings. The summed E-state index contributed by atoms with van der Waals surface area (Å²) in [7, 11) is 0. The minimum atomic E-state index is -2.54. The van der Waals surface area contributed by atoms with Crippen molar-refractivity contribution in [2.75, 3.05) is 39.5 Å². The van der Waals surface area contributed by atoms with E-state index in [0.717, 1.165) is 5.56 Å². The van der Waals surface area contributed by atoms with Crippen LogP contribution >= 0.6 is 0 Å². The Hall–Kier alpha value is -4.46. The van der Waals surface area contributed by atoms with Crippen LogP contribution in [0.3, 0.4) is 0 Å². The third kappa shape index (κ3) is 7.48. The van der Waals surface area contributed by atoms with Gasteiger partial charge >= 0.3 is 17.7 Å². The van der Waals surface area contributed by atoms with Gasteiger partial charge in [-0.15, -0.1) is 0 Å². The number of benzene rings is 1. The molecule has 1 aromatic heterocycles. The number of carbonyl (C=O) groups is 3. The first-order chi connectivity index (χ1) is 23.2. The molecule has 0 radical (unpaired) electrons. The lowest BCUT2D eigenvalue weighted by atomic mass is 9.72. The van der Waals surface area contributed by atoms with Crippen LogP contribution in [0, 0.1) is 10.1 Å². The van der Waals surface area contributed by atoms with Gasteiger partial charge in [0.1, 0.15) is 5.70 Å². The van der Waals surface area contributed by atoms with E-state index >= 15 is 0 Å². The summed E-state index contributed by atoms with van der Waals surface area (Å²) in [5.41, 5.74) is 4.14. The molecule has 2 aliphatic rings. The number of hydrogen-bond acceptors (Lipinski definition) is 11. The predicted octanol–water partition coefficient (Wildman–Crippen LogP) is 3.97. The van der Waals surface area contributed by atoms with E-state index in [9.17, 15) is 24.5 Å². The van der Waals surface area contributed by atoms with E-state index in [2.05, 4.69) is 4.98 Å². The van der Waals surface area contributed by atoms with Crippen molar-refractivity contribution in [3.63, 3.8) is 0 Å². The monoisotopic (exact) mass is 663 g/mol. The van der Waals surface area contributed by atoms with Gasteiger partial charge in [-0.3, -0.25) is 34.5 Å². The Morgan fingerprint density at radius 2 is 1.88 bits per heavy atom.